The Morgan fingerprint density at radius 2 is 1.92 bits per heavy atom. The van der Waals surface area contributed by atoms with Crippen LogP contribution in [0.4, 0.5) is 15.8 Å². The molecule has 0 radical (unpaired) electrons. The first-order valence-corrected chi connectivity index (χ1v) is 12.5. The predicted octanol–water partition coefficient (Wildman–Crippen LogP) is 5.37. The molecule has 4 aromatic rings. The molecule has 9 heteroatoms. The predicted molar refractivity (Wildman–Crippen MR) is 141 cm³/mol. The second kappa shape index (κ2) is 9.88. The van der Waals surface area contributed by atoms with Gasteiger partial charge in [0.15, 0.2) is 0 Å². The van der Waals surface area contributed by atoms with Gasteiger partial charge >= 0.3 is 0 Å². The van der Waals surface area contributed by atoms with Gasteiger partial charge in [-0.15, -0.1) is 0 Å². The van der Waals surface area contributed by atoms with Gasteiger partial charge in [-0.3, -0.25) is 4.79 Å². The molecule has 0 bridgehead atoms. The Bertz CT molecular complexity index is 1530. The Morgan fingerprint density at radius 3 is 2.76 bits per heavy atom. The number of nitrogens with one attached hydrogen (secondary N) is 2. The SMILES string of the molecule is O=c1cc(N2CCOCC2)cc(-c2cc(F)cc3c2Oc2ccc(NCc4cccc(Cl)n4)cc2C3)[nH]1. The van der Waals surface area contributed by atoms with E-state index in [2.05, 4.69) is 20.2 Å². The molecule has 0 unspecified atom stereocenters. The van der Waals surface area contributed by atoms with Gasteiger partial charge in [0.2, 0.25) is 5.56 Å². The zero-order valence-corrected chi connectivity index (χ0v) is 20.6. The van der Waals surface area contributed by atoms with E-state index in [0.717, 1.165) is 22.6 Å². The number of hydrogen-bond donors (Lipinski definition) is 2. The van der Waals surface area contributed by atoms with E-state index in [1.165, 1.54) is 12.1 Å². The quantitative estimate of drug-likeness (QED) is 0.304. The number of halogens is 2. The number of pyridine rings is 2. The average molecular weight is 519 g/mol. The molecule has 0 amide bonds. The average Bonchev–Trinajstić information content (AvgIpc) is 2.90. The third-order valence-corrected chi connectivity index (χ3v) is 6.74. The number of rotatable bonds is 5. The Hall–Kier alpha value is -3.88. The monoisotopic (exact) mass is 518 g/mol. The summed E-state index contributed by atoms with van der Waals surface area (Å²) in [4.78, 5) is 21.8. The van der Waals surface area contributed by atoms with E-state index in [-0.39, 0.29) is 11.4 Å². The number of H-pyrrole nitrogens is 1. The van der Waals surface area contributed by atoms with Crippen LogP contribution < -0.4 is 20.5 Å². The van der Waals surface area contributed by atoms with Crippen LogP contribution in [0, 0.1) is 5.82 Å². The second-order valence-electron chi connectivity index (χ2n) is 9.06. The van der Waals surface area contributed by atoms with Crippen molar-refractivity contribution in [1.82, 2.24) is 9.97 Å². The van der Waals surface area contributed by atoms with Gasteiger partial charge in [-0.25, -0.2) is 9.37 Å². The normalized spacial score (nSPS) is 14.5. The molecule has 1 saturated heterocycles. The summed E-state index contributed by atoms with van der Waals surface area (Å²) >= 11 is 5.98. The summed E-state index contributed by atoms with van der Waals surface area (Å²) in [6.45, 7) is 3.10. The summed E-state index contributed by atoms with van der Waals surface area (Å²) in [5.74, 6) is 0.853. The standard InChI is InChI=1S/C28H24ClFN4O3/c29-26-3-1-2-21(32-26)16-31-20-4-5-25-17(12-20)10-18-11-19(30)13-23(28(18)37-25)24-14-22(15-27(35)33-24)34-6-8-36-9-7-34/h1-5,11-15,31H,6-10,16H2,(H,33,35). The largest absolute Gasteiger partial charge is 0.456 e. The van der Waals surface area contributed by atoms with Crippen molar-refractivity contribution < 1.29 is 13.9 Å². The molecule has 0 spiro atoms. The summed E-state index contributed by atoms with van der Waals surface area (Å²) in [5, 5.41) is 3.80. The van der Waals surface area contributed by atoms with Gasteiger partial charge in [-0.05, 0) is 48.5 Å². The van der Waals surface area contributed by atoms with Crippen LogP contribution in [0.5, 0.6) is 11.5 Å². The van der Waals surface area contributed by atoms with Gasteiger partial charge in [0, 0.05) is 53.6 Å². The van der Waals surface area contributed by atoms with Crippen LogP contribution in [0.1, 0.15) is 16.8 Å². The molecule has 7 nitrogen and oxygen atoms in total. The molecule has 1 fully saturated rings. The molecule has 2 aliphatic rings. The van der Waals surface area contributed by atoms with Crippen molar-refractivity contribution in [2.24, 2.45) is 0 Å². The van der Waals surface area contributed by atoms with Gasteiger partial charge in [0.1, 0.15) is 22.5 Å². The fraction of sp³-hybridized carbons (Fsp3) is 0.214. The first kappa shape index (κ1) is 23.5. The highest BCUT2D eigenvalue weighted by atomic mass is 35.5. The van der Waals surface area contributed by atoms with Crippen LogP contribution in [0.3, 0.4) is 0 Å². The van der Waals surface area contributed by atoms with Crippen molar-refractivity contribution >= 4 is 23.0 Å². The lowest BCUT2D eigenvalue weighted by Crippen LogP contribution is -2.36. The molecule has 0 aliphatic carbocycles. The third-order valence-electron chi connectivity index (χ3n) is 6.53. The van der Waals surface area contributed by atoms with E-state index < -0.39 is 0 Å². The molecule has 6 rings (SSSR count). The lowest BCUT2D eigenvalue weighted by Gasteiger charge is -2.29. The molecular formula is C28H24ClFN4O3. The number of morpholine rings is 1. The van der Waals surface area contributed by atoms with Crippen LogP contribution >= 0.6 is 11.6 Å². The molecule has 188 valence electrons. The van der Waals surface area contributed by atoms with Crippen molar-refractivity contribution in [1.29, 1.82) is 0 Å². The number of aromatic nitrogens is 2. The number of ether oxygens (including phenoxy) is 2. The summed E-state index contributed by atoms with van der Waals surface area (Å²) in [7, 11) is 0. The van der Waals surface area contributed by atoms with Gasteiger partial charge in [-0.2, -0.15) is 0 Å². The topological polar surface area (TPSA) is 79.5 Å². The minimum atomic E-state index is -0.389. The van der Waals surface area contributed by atoms with E-state index in [1.54, 1.807) is 12.1 Å². The first-order valence-electron chi connectivity index (χ1n) is 12.1. The maximum absolute atomic E-state index is 14.8. The maximum atomic E-state index is 14.8. The molecule has 37 heavy (non-hydrogen) atoms. The van der Waals surface area contributed by atoms with E-state index in [4.69, 9.17) is 21.1 Å². The molecule has 4 heterocycles. The molecule has 2 N–H and O–H groups in total. The number of aromatic amines is 1. The van der Waals surface area contributed by atoms with Crippen LogP contribution in [0.25, 0.3) is 11.3 Å². The highest BCUT2D eigenvalue weighted by Gasteiger charge is 2.24. The van der Waals surface area contributed by atoms with Crippen molar-refractivity contribution in [2.45, 2.75) is 13.0 Å². The van der Waals surface area contributed by atoms with Crippen LogP contribution in [0.2, 0.25) is 5.15 Å². The summed E-state index contributed by atoms with van der Waals surface area (Å²) < 4.78 is 26.5. The number of benzene rings is 2. The first-order chi connectivity index (χ1) is 18.0. The van der Waals surface area contributed by atoms with Gasteiger partial charge in [-0.1, -0.05) is 17.7 Å². The van der Waals surface area contributed by atoms with Crippen LogP contribution in [-0.4, -0.2) is 36.3 Å². The Morgan fingerprint density at radius 1 is 1.05 bits per heavy atom. The van der Waals surface area contributed by atoms with Crippen molar-refractivity contribution in [2.75, 3.05) is 36.5 Å². The highest BCUT2D eigenvalue weighted by molar-refractivity contribution is 6.29. The molecule has 0 saturated carbocycles. The minimum Gasteiger partial charge on any atom is -0.456 e. The lowest BCUT2D eigenvalue weighted by atomic mass is 9.95. The zero-order chi connectivity index (χ0) is 25.4. The van der Waals surface area contributed by atoms with Crippen LogP contribution in [-0.2, 0) is 17.7 Å². The van der Waals surface area contributed by atoms with E-state index in [9.17, 15) is 9.18 Å². The Balaban J connectivity index is 1.29. The molecule has 0 atom stereocenters. The van der Waals surface area contributed by atoms with E-state index in [1.807, 2.05) is 36.4 Å². The van der Waals surface area contributed by atoms with Crippen molar-refractivity contribution in [3.05, 3.63) is 98.8 Å². The minimum absolute atomic E-state index is 0.252. The van der Waals surface area contributed by atoms with Crippen molar-refractivity contribution in [3.8, 4) is 22.8 Å². The maximum Gasteiger partial charge on any atom is 0.250 e. The van der Waals surface area contributed by atoms with E-state index >= 15 is 0 Å². The zero-order valence-electron chi connectivity index (χ0n) is 19.9. The Kier molecular flexibility index (Phi) is 6.28. The fourth-order valence-electron chi connectivity index (χ4n) is 4.76. The lowest BCUT2D eigenvalue weighted by molar-refractivity contribution is 0.122. The van der Waals surface area contributed by atoms with Gasteiger partial charge < -0.3 is 24.7 Å². The summed E-state index contributed by atoms with van der Waals surface area (Å²) in [6, 6.07) is 17.6. The smallest absolute Gasteiger partial charge is 0.250 e. The van der Waals surface area contributed by atoms with Crippen molar-refractivity contribution in [3.63, 3.8) is 0 Å². The fourth-order valence-corrected chi connectivity index (χ4v) is 4.94. The molecule has 2 aromatic carbocycles. The summed E-state index contributed by atoms with van der Waals surface area (Å²) in [6.07, 6.45) is 0.494. The third kappa shape index (κ3) is 5.03. The van der Waals surface area contributed by atoms with Crippen LogP contribution in [0.15, 0.2) is 65.5 Å². The number of hydrogen-bond acceptors (Lipinski definition) is 6. The summed E-state index contributed by atoms with van der Waals surface area (Å²) in [5.41, 5.74) is 4.93. The molecular weight excluding hydrogens is 495 g/mol. The highest BCUT2D eigenvalue weighted by Crippen LogP contribution is 2.43. The van der Waals surface area contributed by atoms with Gasteiger partial charge in [0.25, 0.3) is 0 Å². The van der Waals surface area contributed by atoms with Gasteiger partial charge in [0.05, 0.1) is 31.1 Å². The second-order valence-corrected chi connectivity index (χ2v) is 9.45. The number of nitrogens with zero attached hydrogens (tertiary/aromatic N) is 2. The molecule has 2 aromatic heterocycles. The molecule has 2 aliphatic heterocycles. The van der Waals surface area contributed by atoms with E-state index in [0.29, 0.717) is 72.7 Å². The number of anilines is 2. The Labute approximate surface area is 217 Å². The number of fused-ring (bicyclic) bond motifs is 2.